The maximum atomic E-state index is 12.1. The molecule has 0 saturated carbocycles. The number of ether oxygens (including phenoxy) is 1. The number of carbonyl (C=O) groups excluding carboxylic acids is 1. The fourth-order valence-electron chi connectivity index (χ4n) is 2.09. The van der Waals surface area contributed by atoms with Gasteiger partial charge in [-0.1, -0.05) is 6.92 Å². The Bertz CT molecular complexity index is 637. The number of aromatic nitrogens is 3. The number of esters is 1. The number of carbonyl (C=O) groups is 1. The van der Waals surface area contributed by atoms with E-state index in [1.807, 2.05) is 14.0 Å². The summed E-state index contributed by atoms with van der Waals surface area (Å²) in [6, 6.07) is 0. The van der Waals surface area contributed by atoms with E-state index < -0.39 is 0 Å². The summed E-state index contributed by atoms with van der Waals surface area (Å²) in [4.78, 5) is 17.4. The molecule has 0 fully saturated rings. The second kappa shape index (κ2) is 6.26. The third kappa shape index (κ3) is 2.65. The van der Waals surface area contributed by atoms with Crippen LogP contribution in [0.4, 0.5) is 0 Å². The van der Waals surface area contributed by atoms with Crippen molar-refractivity contribution in [2.24, 2.45) is 7.05 Å². The van der Waals surface area contributed by atoms with E-state index in [4.69, 9.17) is 4.74 Å². The molecule has 0 aliphatic rings. The van der Waals surface area contributed by atoms with Crippen LogP contribution in [0.5, 0.6) is 0 Å². The van der Waals surface area contributed by atoms with Gasteiger partial charge in [-0.25, -0.2) is 9.78 Å². The number of aryl methyl sites for hydroxylation is 2. The highest BCUT2D eigenvalue weighted by atomic mass is 32.2. The first-order valence-electron chi connectivity index (χ1n) is 6.72. The molecule has 0 bridgehead atoms. The molecule has 0 radical (unpaired) electrons. The quantitative estimate of drug-likeness (QED) is 0.626. The van der Waals surface area contributed by atoms with Gasteiger partial charge in [0.25, 0.3) is 0 Å². The summed E-state index contributed by atoms with van der Waals surface area (Å²) in [5, 5.41) is 5.35. The fourth-order valence-corrected chi connectivity index (χ4v) is 3.17. The van der Waals surface area contributed by atoms with Gasteiger partial charge in [-0.2, -0.15) is 5.10 Å². The predicted molar refractivity (Wildman–Crippen MR) is 80.2 cm³/mol. The van der Waals surface area contributed by atoms with Crippen molar-refractivity contribution in [3.05, 3.63) is 17.5 Å². The van der Waals surface area contributed by atoms with Crippen LogP contribution < -0.4 is 0 Å². The van der Waals surface area contributed by atoms with Crippen molar-refractivity contribution in [2.45, 2.75) is 32.1 Å². The molecule has 0 aliphatic carbocycles. The third-order valence-corrected chi connectivity index (χ3v) is 4.25. The lowest BCUT2D eigenvalue weighted by Crippen LogP contribution is -2.07. The van der Waals surface area contributed by atoms with E-state index in [9.17, 15) is 4.79 Å². The van der Waals surface area contributed by atoms with Crippen molar-refractivity contribution in [1.29, 1.82) is 0 Å². The van der Waals surface area contributed by atoms with Crippen molar-refractivity contribution in [1.82, 2.24) is 14.8 Å². The minimum absolute atomic E-state index is 0.316. The zero-order chi connectivity index (χ0) is 14.7. The van der Waals surface area contributed by atoms with E-state index in [1.165, 1.54) is 0 Å². The Kier molecular flexibility index (Phi) is 4.65. The average Bonchev–Trinajstić information content (AvgIpc) is 2.72. The second-order valence-electron chi connectivity index (χ2n) is 4.48. The van der Waals surface area contributed by atoms with E-state index >= 15 is 0 Å². The highest BCUT2D eigenvalue weighted by molar-refractivity contribution is 7.99. The summed E-state index contributed by atoms with van der Waals surface area (Å²) in [6.07, 6.45) is 2.63. The van der Waals surface area contributed by atoms with E-state index in [-0.39, 0.29) is 5.97 Å². The average molecular weight is 293 g/mol. The van der Waals surface area contributed by atoms with Crippen LogP contribution in [0.15, 0.2) is 11.1 Å². The first-order valence-corrected chi connectivity index (χ1v) is 7.70. The highest BCUT2D eigenvalue weighted by Gasteiger charge is 2.20. The minimum Gasteiger partial charge on any atom is -0.462 e. The van der Waals surface area contributed by atoms with Gasteiger partial charge in [-0.05, 0) is 26.0 Å². The van der Waals surface area contributed by atoms with Gasteiger partial charge in [-0.3, -0.25) is 4.68 Å². The number of fused-ring (bicyclic) bond motifs is 1. The van der Waals surface area contributed by atoms with Gasteiger partial charge in [0.15, 0.2) is 5.65 Å². The van der Waals surface area contributed by atoms with E-state index in [1.54, 1.807) is 29.6 Å². The predicted octanol–water partition coefficient (Wildman–Crippen LogP) is 2.96. The smallest absolute Gasteiger partial charge is 0.340 e. The van der Waals surface area contributed by atoms with E-state index in [2.05, 4.69) is 17.0 Å². The molecule has 0 aliphatic heterocycles. The lowest BCUT2D eigenvalue weighted by atomic mass is 10.2. The summed E-state index contributed by atoms with van der Waals surface area (Å²) in [7, 11) is 1.86. The van der Waals surface area contributed by atoms with Crippen molar-refractivity contribution < 1.29 is 9.53 Å². The second-order valence-corrected chi connectivity index (χ2v) is 5.58. The molecule has 0 spiro atoms. The molecular weight excluding hydrogens is 274 g/mol. The first-order chi connectivity index (χ1) is 9.60. The van der Waals surface area contributed by atoms with Gasteiger partial charge < -0.3 is 4.74 Å². The number of nitrogens with zero attached hydrogens (tertiary/aromatic N) is 3. The first kappa shape index (κ1) is 14.8. The van der Waals surface area contributed by atoms with Gasteiger partial charge in [0.1, 0.15) is 0 Å². The summed E-state index contributed by atoms with van der Waals surface area (Å²) in [5.74, 6) is 0.628. The SMILES string of the molecule is CCCSc1c(C(=O)OCC)cnc2c1c(C)nn2C. The molecule has 2 aromatic heterocycles. The Morgan fingerprint density at radius 1 is 1.45 bits per heavy atom. The van der Waals surface area contributed by atoms with Gasteiger partial charge in [0, 0.05) is 18.1 Å². The standard InChI is InChI=1S/C14H19N3O2S/c1-5-7-20-12-10(14(18)19-6-2)8-15-13-11(12)9(3)16-17(13)4/h8H,5-7H2,1-4H3. The summed E-state index contributed by atoms with van der Waals surface area (Å²) in [6.45, 7) is 6.22. The molecule has 5 nitrogen and oxygen atoms in total. The Morgan fingerprint density at radius 3 is 2.85 bits per heavy atom. The van der Waals surface area contributed by atoms with Crippen LogP contribution in [0, 0.1) is 6.92 Å². The summed E-state index contributed by atoms with van der Waals surface area (Å²) < 4.78 is 6.87. The van der Waals surface area contributed by atoms with Gasteiger partial charge in [-0.15, -0.1) is 11.8 Å². The molecule has 108 valence electrons. The van der Waals surface area contributed by atoms with Crippen LogP contribution in [0.3, 0.4) is 0 Å². The molecule has 20 heavy (non-hydrogen) atoms. The Balaban J connectivity index is 2.62. The van der Waals surface area contributed by atoms with Crippen LogP contribution in [0.1, 0.15) is 36.3 Å². The summed E-state index contributed by atoms with van der Waals surface area (Å²) >= 11 is 1.66. The van der Waals surface area contributed by atoms with Crippen LogP contribution in [-0.2, 0) is 11.8 Å². The van der Waals surface area contributed by atoms with Gasteiger partial charge in [0.05, 0.1) is 23.3 Å². The lowest BCUT2D eigenvalue weighted by Gasteiger charge is -2.09. The number of rotatable bonds is 5. The van der Waals surface area contributed by atoms with Crippen LogP contribution >= 0.6 is 11.8 Å². The molecule has 2 heterocycles. The van der Waals surface area contributed by atoms with Crippen molar-refractivity contribution in [2.75, 3.05) is 12.4 Å². The molecule has 2 rings (SSSR count). The highest BCUT2D eigenvalue weighted by Crippen LogP contribution is 2.33. The lowest BCUT2D eigenvalue weighted by molar-refractivity contribution is 0.0522. The number of pyridine rings is 1. The molecule has 0 amide bonds. The van der Waals surface area contributed by atoms with Crippen LogP contribution in [0.25, 0.3) is 11.0 Å². The molecule has 6 heteroatoms. The van der Waals surface area contributed by atoms with Crippen LogP contribution in [0.2, 0.25) is 0 Å². The van der Waals surface area contributed by atoms with Crippen molar-refractivity contribution in [3.63, 3.8) is 0 Å². The van der Waals surface area contributed by atoms with Crippen LogP contribution in [-0.4, -0.2) is 33.1 Å². The van der Waals surface area contributed by atoms with Crippen molar-refractivity contribution >= 4 is 28.8 Å². The number of hydrogen-bond acceptors (Lipinski definition) is 5. The Morgan fingerprint density at radius 2 is 2.20 bits per heavy atom. The third-order valence-electron chi connectivity index (χ3n) is 2.93. The molecule has 0 aromatic carbocycles. The normalized spacial score (nSPS) is 11.0. The molecule has 0 unspecified atom stereocenters. The zero-order valence-electron chi connectivity index (χ0n) is 12.3. The van der Waals surface area contributed by atoms with Gasteiger partial charge in [0.2, 0.25) is 0 Å². The fraction of sp³-hybridized carbons (Fsp3) is 0.500. The van der Waals surface area contributed by atoms with E-state index in [0.29, 0.717) is 12.2 Å². The molecule has 0 N–H and O–H groups in total. The maximum Gasteiger partial charge on any atom is 0.340 e. The maximum absolute atomic E-state index is 12.1. The molecule has 2 aromatic rings. The number of hydrogen-bond donors (Lipinski definition) is 0. The molecule has 0 saturated heterocycles. The zero-order valence-corrected chi connectivity index (χ0v) is 13.1. The number of thioether (sulfide) groups is 1. The topological polar surface area (TPSA) is 57.0 Å². The molecular formula is C14H19N3O2S. The van der Waals surface area contributed by atoms with Gasteiger partial charge >= 0.3 is 5.97 Å². The monoisotopic (exact) mass is 293 g/mol. The van der Waals surface area contributed by atoms with E-state index in [0.717, 1.165) is 33.8 Å². The minimum atomic E-state index is -0.316. The van der Waals surface area contributed by atoms with Crippen molar-refractivity contribution in [3.8, 4) is 0 Å². The Labute approximate surface area is 122 Å². The molecule has 0 atom stereocenters. The Hall–Kier alpha value is -1.56. The largest absolute Gasteiger partial charge is 0.462 e. The summed E-state index contributed by atoms with van der Waals surface area (Å²) in [5.41, 5.74) is 2.22.